The first-order valence-electron chi connectivity index (χ1n) is 9.40. The van der Waals surface area contributed by atoms with Gasteiger partial charge in [-0.15, -0.1) is 5.10 Å². The molecule has 3 aromatic rings. The molecule has 29 heavy (non-hydrogen) atoms. The SMILES string of the molecule is CCOc1ccc(NC(=O)CC2C(=O)Nc3nc(-c4ccc(C)cc4)nn32)cc1. The summed E-state index contributed by atoms with van der Waals surface area (Å²) in [4.78, 5) is 29.1. The first-order valence-corrected chi connectivity index (χ1v) is 9.40. The van der Waals surface area contributed by atoms with Crippen molar-refractivity contribution in [3.05, 3.63) is 54.1 Å². The zero-order valence-electron chi connectivity index (χ0n) is 16.2. The molecule has 0 radical (unpaired) electrons. The number of nitrogens with one attached hydrogen (secondary N) is 2. The Hall–Kier alpha value is -3.68. The molecular weight excluding hydrogens is 370 g/mol. The van der Waals surface area contributed by atoms with Crippen molar-refractivity contribution in [2.75, 3.05) is 17.2 Å². The van der Waals surface area contributed by atoms with Crippen molar-refractivity contribution in [1.82, 2.24) is 14.8 Å². The summed E-state index contributed by atoms with van der Waals surface area (Å²) in [6.45, 7) is 4.49. The third kappa shape index (κ3) is 3.96. The highest BCUT2D eigenvalue weighted by atomic mass is 16.5. The number of benzene rings is 2. The number of carbonyl (C=O) groups excluding carboxylic acids is 2. The predicted octanol–water partition coefficient (Wildman–Crippen LogP) is 3.17. The van der Waals surface area contributed by atoms with Gasteiger partial charge in [0.25, 0.3) is 5.91 Å². The molecule has 0 aliphatic carbocycles. The summed E-state index contributed by atoms with van der Waals surface area (Å²) in [5, 5.41) is 9.93. The average molecular weight is 391 g/mol. The maximum absolute atomic E-state index is 12.5. The zero-order chi connectivity index (χ0) is 20.4. The molecule has 1 aliphatic rings. The van der Waals surface area contributed by atoms with Crippen LogP contribution in [-0.2, 0) is 9.59 Å². The Bertz CT molecular complexity index is 1040. The maximum Gasteiger partial charge on any atom is 0.252 e. The summed E-state index contributed by atoms with van der Waals surface area (Å²) in [6.07, 6.45) is -0.0389. The molecule has 2 aromatic carbocycles. The van der Waals surface area contributed by atoms with E-state index in [9.17, 15) is 9.59 Å². The molecule has 0 bridgehead atoms. The average Bonchev–Trinajstić information content (AvgIpc) is 3.23. The van der Waals surface area contributed by atoms with Crippen LogP contribution in [0.4, 0.5) is 11.6 Å². The van der Waals surface area contributed by atoms with Gasteiger partial charge in [0.15, 0.2) is 5.82 Å². The van der Waals surface area contributed by atoms with Gasteiger partial charge in [0.2, 0.25) is 11.9 Å². The van der Waals surface area contributed by atoms with E-state index in [0.29, 0.717) is 24.1 Å². The Labute approximate surface area is 167 Å². The molecule has 1 atom stereocenters. The van der Waals surface area contributed by atoms with E-state index >= 15 is 0 Å². The van der Waals surface area contributed by atoms with Gasteiger partial charge in [-0.2, -0.15) is 4.98 Å². The minimum Gasteiger partial charge on any atom is -0.494 e. The van der Waals surface area contributed by atoms with Gasteiger partial charge in [-0.05, 0) is 38.1 Å². The molecule has 0 fully saturated rings. The Balaban J connectivity index is 1.46. The standard InChI is InChI=1S/C21H21N5O3/c1-3-29-16-10-8-15(9-11-16)22-18(27)12-17-20(28)24-21-23-19(25-26(17)21)14-6-4-13(2)5-7-14/h4-11,17H,3,12H2,1-2H3,(H,22,27)(H,23,24,25,28). The second-order valence-corrected chi connectivity index (χ2v) is 6.78. The second kappa shape index (κ2) is 7.75. The number of ether oxygens (including phenoxy) is 1. The van der Waals surface area contributed by atoms with Crippen molar-refractivity contribution in [3.8, 4) is 17.1 Å². The van der Waals surface area contributed by atoms with E-state index in [4.69, 9.17) is 4.74 Å². The topological polar surface area (TPSA) is 98.1 Å². The molecule has 148 valence electrons. The predicted molar refractivity (Wildman–Crippen MR) is 109 cm³/mol. The lowest BCUT2D eigenvalue weighted by atomic mass is 10.1. The quantitative estimate of drug-likeness (QED) is 0.673. The number of rotatable bonds is 6. The lowest BCUT2D eigenvalue weighted by Crippen LogP contribution is -2.23. The van der Waals surface area contributed by atoms with Gasteiger partial charge in [-0.3, -0.25) is 14.9 Å². The van der Waals surface area contributed by atoms with Crippen molar-refractivity contribution in [1.29, 1.82) is 0 Å². The molecule has 2 amide bonds. The number of hydrogen-bond donors (Lipinski definition) is 2. The molecule has 0 saturated carbocycles. The third-order valence-electron chi connectivity index (χ3n) is 4.60. The monoisotopic (exact) mass is 391 g/mol. The van der Waals surface area contributed by atoms with Gasteiger partial charge in [0.1, 0.15) is 11.8 Å². The van der Waals surface area contributed by atoms with Gasteiger partial charge >= 0.3 is 0 Å². The van der Waals surface area contributed by atoms with Gasteiger partial charge in [-0.25, -0.2) is 4.68 Å². The van der Waals surface area contributed by atoms with Crippen LogP contribution in [0.15, 0.2) is 48.5 Å². The summed E-state index contributed by atoms with van der Waals surface area (Å²) < 4.78 is 6.87. The highest BCUT2D eigenvalue weighted by Gasteiger charge is 2.35. The molecule has 0 spiro atoms. The molecule has 8 heteroatoms. The molecule has 2 N–H and O–H groups in total. The fourth-order valence-corrected chi connectivity index (χ4v) is 3.12. The summed E-state index contributed by atoms with van der Waals surface area (Å²) in [5.41, 5.74) is 2.62. The molecule has 4 rings (SSSR count). The van der Waals surface area contributed by atoms with Crippen LogP contribution in [0.25, 0.3) is 11.4 Å². The van der Waals surface area contributed by atoms with Crippen LogP contribution in [0.2, 0.25) is 0 Å². The molecule has 1 aliphatic heterocycles. The highest BCUT2D eigenvalue weighted by Crippen LogP contribution is 2.28. The van der Waals surface area contributed by atoms with Crippen LogP contribution in [0.5, 0.6) is 5.75 Å². The largest absolute Gasteiger partial charge is 0.494 e. The van der Waals surface area contributed by atoms with Crippen LogP contribution < -0.4 is 15.4 Å². The van der Waals surface area contributed by atoms with E-state index in [-0.39, 0.29) is 18.2 Å². The van der Waals surface area contributed by atoms with E-state index in [1.165, 1.54) is 4.68 Å². The maximum atomic E-state index is 12.5. The van der Waals surface area contributed by atoms with Gasteiger partial charge in [-0.1, -0.05) is 29.8 Å². The first-order chi connectivity index (χ1) is 14.0. The van der Waals surface area contributed by atoms with Crippen molar-refractivity contribution in [2.24, 2.45) is 0 Å². The fraction of sp³-hybridized carbons (Fsp3) is 0.238. The second-order valence-electron chi connectivity index (χ2n) is 6.78. The number of hydrogen-bond acceptors (Lipinski definition) is 5. The number of fused-ring (bicyclic) bond motifs is 1. The van der Waals surface area contributed by atoms with Crippen molar-refractivity contribution < 1.29 is 14.3 Å². The molecule has 0 saturated heterocycles. The number of aromatic nitrogens is 3. The number of anilines is 2. The number of carbonyl (C=O) groups is 2. The zero-order valence-corrected chi connectivity index (χ0v) is 16.2. The van der Waals surface area contributed by atoms with E-state index in [0.717, 1.165) is 16.9 Å². The van der Waals surface area contributed by atoms with Gasteiger partial charge < -0.3 is 10.1 Å². The Morgan fingerprint density at radius 3 is 2.59 bits per heavy atom. The summed E-state index contributed by atoms with van der Waals surface area (Å²) in [6, 6.07) is 14.1. The van der Waals surface area contributed by atoms with Crippen molar-refractivity contribution in [2.45, 2.75) is 26.3 Å². The van der Waals surface area contributed by atoms with E-state index in [1.54, 1.807) is 24.3 Å². The lowest BCUT2D eigenvalue weighted by molar-refractivity contribution is -0.123. The van der Waals surface area contributed by atoms with Crippen LogP contribution in [0, 0.1) is 6.92 Å². The minimum absolute atomic E-state index is 0.0389. The van der Waals surface area contributed by atoms with Crippen LogP contribution >= 0.6 is 0 Å². The van der Waals surface area contributed by atoms with Crippen LogP contribution in [0.1, 0.15) is 24.9 Å². The van der Waals surface area contributed by atoms with E-state index in [1.807, 2.05) is 38.1 Å². The number of nitrogens with zero attached hydrogens (tertiary/aromatic N) is 3. The smallest absolute Gasteiger partial charge is 0.252 e. The van der Waals surface area contributed by atoms with Gasteiger partial charge in [0.05, 0.1) is 13.0 Å². The molecular formula is C21H21N5O3. The Kier molecular flexibility index (Phi) is 4.99. The van der Waals surface area contributed by atoms with Crippen LogP contribution in [-0.4, -0.2) is 33.2 Å². The Morgan fingerprint density at radius 1 is 1.17 bits per heavy atom. The van der Waals surface area contributed by atoms with Crippen LogP contribution in [0.3, 0.4) is 0 Å². The molecule has 8 nitrogen and oxygen atoms in total. The van der Waals surface area contributed by atoms with E-state index < -0.39 is 6.04 Å². The molecule has 1 unspecified atom stereocenters. The van der Waals surface area contributed by atoms with Gasteiger partial charge in [0, 0.05) is 11.3 Å². The highest BCUT2D eigenvalue weighted by molar-refractivity contribution is 6.01. The minimum atomic E-state index is -0.737. The summed E-state index contributed by atoms with van der Waals surface area (Å²) in [5.74, 6) is 1.02. The number of aryl methyl sites for hydroxylation is 1. The van der Waals surface area contributed by atoms with Crippen molar-refractivity contribution >= 4 is 23.5 Å². The molecule has 2 heterocycles. The van der Waals surface area contributed by atoms with Crippen molar-refractivity contribution in [3.63, 3.8) is 0 Å². The number of amides is 2. The lowest BCUT2D eigenvalue weighted by Gasteiger charge is -2.10. The summed E-state index contributed by atoms with van der Waals surface area (Å²) in [7, 11) is 0. The Morgan fingerprint density at radius 2 is 1.90 bits per heavy atom. The third-order valence-corrected chi connectivity index (χ3v) is 4.60. The first kappa shape index (κ1) is 18.7. The molecule has 1 aromatic heterocycles. The fourth-order valence-electron chi connectivity index (χ4n) is 3.12. The summed E-state index contributed by atoms with van der Waals surface area (Å²) >= 11 is 0. The van der Waals surface area contributed by atoms with E-state index in [2.05, 4.69) is 20.7 Å². The normalized spacial score (nSPS) is 15.0.